The molecule has 10 heteroatoms. The fraction of sp³-hybridized carbons (Fsp3) is 0.522. The van der Waals surface area contributed by atoms with E-state index < -0.39 is 17.7 Å². The molecule has 0 bridgehead atoms. The van der Waals surface area contributed by atoms with Gasteiger partial charge in [-0.1, -0.05) is 19.1 Å². The van der Waals surface area contributed by atoms with Crippen LogP contribution < -0.4 is 0 Å². The Hall–Kier alpha value is -2.46. The highest BCUT2D eigenvalue weighted by Crippen LogP contribution is 2.30. The molecule has 178 valence electrons. The lowest BCUT2D eigenvalue weighted by Crippen LogP contribution is -2.50. The molecule has 1 unspecified atom stereocenters. The van der Waals surface area contributed by atoms with Gasteiger partial charge in [0.1, 0.15) is 0 Å². The Labute approximate surface area is 195 Å². The predicted molar refractivity (Wildman–Crippen MR) is 118 cm³/mol. The van der Waals surface area contributed by atoms with Gasteiger partial charge in [-0.05, 0) is 24.1 Å². The Balaban J connectivity index is 1.29. The van der Waals surface area contributed by atoms with Crippen molar-refractivity contribution in [2.45, 2.75) is 39.0 Å². The molecule has 2 aromatic rings. The molecule has 2 amide bonds. The average Bonchev–Trinajstić information content (AvgIpc) is 3.40. The summed E-state index contributed by atoms with van der Waals surface area (Å²) in [5.41, 5.74) is 0.733. The first kappa shape index (κ1) is 23.7. The molecule has 0 saturated carbocycles. The molecule has 2 saturated heterocycles. The number of aryl methyl sites for hydroxylation is 1. The molecule has 2 aliphatic heterocycles. The molecule has 0 radical (unpaired) electrons. The largest absolute Gasteiger partial charge is 0.416 e. The van der Waals surface area contributed by atoms with Crippen molar-refractivity contribution in [3.05, 3.63) is 51.5 Å². The number of aromatic nitrogens is 1. The van der Waals surface area contributed by atoms with Gasteiger partial charge in [0.15, 0.2) is 0 Å². The molecule has 1 aromatic carbocycles. The van der Waals surface area contributed by atoms with E-state index in [1.165, 1.54) is 11.0 Å². The van der Waals surface area contributed by atoms with Crippen LogP contribution >= 0.6 is 11.3 Å². The van der Waals surface area contributed by atoms with Gasteiger partial charge in [-0.2, -0.15) is 13.2 Å². The van der Waals surface area contributed by atoms with E-state index in [-0.39, 0.29) is 31.3 Å². The maximum absolute atomic E-state index is 13.0. The number of carbonyl (C=O) groups is 2. The second-order valence-corrected chi connectivity index (χ2v) is 9.50. The number of rotatable bonds is 6. The highest BCUT2D eigenvalue weighted by atomic mass is 32.1. The van der Waals surface area contributed by atoms with E-state index in [9.17, 15) is 22.8 Å². The number of hydrogen-bond acceptors (Lipinski definition) is 5. The lowest BCUT2D eigenvalue weighted by Gasteiger charge is -2.35. The van der Waals surface area contributed by atoms with Crippen LogP contribution in [0.2, 0.25) is 0 Å². The molecule has 0 spiro atoms. The van der Waals surface area contributed by atoms with Gasteiger partial charge >= 0.3 is 6.18 Å². The fourth-order valence-electron chi connectivity index (χ4n) is 4.35. The van der Waals surface area contributed by atoms with Crippen LogP contribution in [0.15, 0.2) is 29.6 Å². The summed E-state index contributed by atoms with van der Waals surface area (Å²) in [6.45, 7) is 5.87. The standard InChI is InChI=1S/C23H27F3N4O2S/c1-2-20-27-19(15-33-20)14-28-6-8-29(9-7-28)22(32)17-11-21(31)30(13-17)12-16-4-3-5-18(10-16)23(24,25)26/h3-5,10,15,17H,2,6-9,11-14H2,1H3. The van der Waals surface area contributed by atoms with E-state index in [4.69, 9.17) is 0 Å². The van der Waals surface area contributed by atoms with Crippen LogP contribution in [-0.4, -0.2) is 64.2 Å². The summed E-state index contributed by atoms with van der Waals surface area (Å²) < 4.78 is 38.9. The quantitative estimate of drug-likeness (QED) is 0.636. The molecule has 1 aromatic heterocycles. The van der Waals surface area contributed by atoms with Gasteiger partial charge in [0.2, 0.25) is 11.8 Å². The summed E-state index contributed by atoms with van der Waals surface area (Å²) in [7, 11) is 0. The van der Waals surface area contributed by atoms with Crippen molar-refractivity contribution in [1.82, 2.24) is 19.7 Å². The van der Waals surface area contributed by atoms with Crippen LogP contribution in [-0.2, 0) is 35.3 Å². The van der Waals surface area contributed by atoms with E-state index >= 15 is 0 Å². The Kier molecular flexibility index (Phi) is 7.04. The number of halogens is 3. The SMILES string of the molecule is CCc1nc(CN2CCN(C(=O)C3CC(=O)N(Cc4cccc(C(F)(F)F)c4)C3)CC2)cs1. The van der Waals surface area contributed by atoms with Crippen molar-refractivity contribution in [1.29, 1.82) is 0 Å². The van der Waals surface area contributed by atoms with Gasteiger partial charge in [0.05, 0.1) is 22.2 Å². The van der Waals surface area contributed by atoms with E-state index in [2.05, 4.69) is 22.2 Å². The molecule has 4 rings (SSSR count). The minimum Gasteiger partial charge on any atom is -0.340 e. The van der Waals surface area contributed by atoms with Crippen LogP contribution in [0.5, 0.6) is 0 Å². The van der Waals surface area contributed by atoms with E-state index in [0.717, 1.165) is 48.9 Å². The number of alkyl halides is 3. The normalized spacial score (nSPS) is 20.0. The number of piperazine rings is 1. The van der Waals surface area contributed by atoms with Crippen molar-refractivity contribution < 1.29 is 22.8 Å². The summed E-state index contributed by atoms with van der Waals surface area (Å²) in [6, 6.07) is 4.99. The van der Waals surface area contributed by atoms with Crippen molar-refractivity contribution >= 4 is 23.2 Å². The number of hydrogen-bond donors (Lipinski definition) is 0. The number of benzene rings is 1. The van der Waals surface area contributed by atoms with E-state index in [1.807, 2.05) is 0 Å². The first-order valence-corrected chi connectivity index (χ1v) is 12.0. The van der Waals surface area contributed by atoms with Gasteiger partial charge in [-0.25, -0.2) is 4.98 Å². The van der Waals surface area contributed by atoms with Crippen molar-refractivity contribution in [3.63, 3.8) is 0 Å². The molecule has 0 N–H and O–H groups in total. The molecule has 33 heavy (non-hydrogen) atoms. The highest BCUT2D eigenvalue weighted by molar-refractivity contribution is 7.09. The second-order valence-electron chi connectivity index (χ2n) is 8.56. The third-order valence-electron chi connectivity index (χ3n) is 6.16. The molecule has 1 atom stereocenters. The van der Waals surface area contributed by atoms with Crippen molar-refractivity contribution in [2.24, 2.45) is 5.92 Å². The molecule has 0 aliphatic carbocycles. The first-order valence-electron chi connectivity index (χ1n) is 11.1. The van der Waals surface area contributed by atoms with Gasteiger partial charge in [-0.3, -0.25) is 14.5 Å². The number of carbonyl (C=O) groups excluding carboxylic acids is 2. The number of likely N-dealkylation sites (tertiary alicyclic amines) is 1. The van der Waals surface area contributed by atoms with Crippen LogP contribution in [0.3, 0.4) is 0 Å². The smallest absolute Gasteiger partial charge is 0.340 e. The number of thiazole rings is 1. The van der Waals surface area contributed by atoms with E-state index in [0.29, 0.717) is 18.7 Å². The monoisotopic (exact) mass is 480 g/mol. The molecule has 6 nitrogen and oxygen atoms in total. The summed E-state index contributed by atoms with van der Waals surface area (Å²) in [5.74, 6) is -0.684. The third kappa shape index (κ3) is 5.73. The lowest BCUT2D eigenvalue weighted by atomic mass is 10.1. The zero-order chi connectivity index (χ0) is 23.6. The molecule has 2 aliphatic rings. The summed E-state index contributed by atoms with van der Waals surface area (Å²) >= 11 is 1.67. The summed E-state index contributed by atoms with van der Waals surface area (Å²) in [4.78, 5) is 35.6. The Bertz CT molecular complexity index is 1000. The lowest BCUT2D eigenvalue weighted by molar-refractivity contribution is -0.138. The molecule has 2 fully saturated rings. The van der Waals surface area contributed by atoms with Crippen LogP contribution in [0, 0.1) is 5.92 Å². The minimum absolute atomic E-state index is 0.0449. The zero-order valence-corrected chi connectivity index (χ0v) is 19.3. The van der Waals surface area contributed by atoms with Gasteiger partial charge in [0.25, 0.3) is 0 Å². The average molecular weight is 481 g/mol. The van der Waals surface area contributed by atoms with Crippen molar-refractivity contribution in [3.8, 4) is 0 Å². The second kappa shape index (κ2) is 9.80. The Morgan fingerprint density at radius 3 is 2.61 bits per heavy atom. The minimum atomic E-state index is -4.43. The van der Waals surface area contributed by atoms with Crippen LogP contribution in [0.25, 0.3) is 0 Å². The summed E-state index contributed by atoms with van der Waals surface area (Å²) in [6.07, 6.45) is -3.39. The number of amides is 2. The third-order valence-corrected chi connectivity index (χ3v) is 7.20. The fourth-order valence-corrected chi connectivity index (χ4v) is 5.09. The number of nitrogens with zero attached hydrogens (tertiary/aromatic N) is 4. The molecule has 3 heterocycles. The first-order chi connectivity index (χ1) is 15.7. The summed E-state index contributed by atoms with van der Waals surface area (Å²) in [5, 5.41) is 3.21. The van der Waals surface area contributed by atoms with E-state index in [1.54, 1.807) is 22.3 Å². The maximum Gasteiger partial charge on any atom is 0.416 e. The van der Waals surface area contributed by atoms with Gasteiger partial charge in [-0.15, -0.1) is 11.3 Å². The topological polar surface area (TPSA) is 56.8 Å². The highest BCUT2D eigenvalue weighted by Gasteiger charge is 2.37. The Morgan fingerprint density at radius 2 is 1.94 bits per heavy atom. The van der Waals surface area contributed by atoms with Gasteiger partial charge in [0, 0.05) is 57.6 Å². The zero-order valence-electron chi connectivity index (χ0n) is 18.5. The molecular weight excluding hydrogens is 453 g/mol. The van der Waals surface area contributed by atoms with Gasteiger partial charge < -0.3 is 9.80 Å². The maximum atomic E-state index is 13.0. The van der Waals surface area contributed by atoms with Crippen molar-refractivity contribution in [2.75, 3.05) is 32.7 Å². The molecular formula is C23H27F3N4O2S. The predicted octanol–water partition coefficient (Wildman–Crippen LogP) is 3.42. The van der Waals surface area contributed by atoms with Crippen LogP contribution in [0.1, 0.15) is 35.2 Å². The Morgan fingerprint density at radius 1 is 1.18 bits per heavy atom. The van der Waals surface area contributed by atoms with Crippen LogP contribution in [0.4, 0.5) is 13.2 Å².